The minimum atomic E-state index is -0.995. The lowest BCUT2D eigenvalue weighted by atomic mass is 9.87. The number of phenolic OH excluding ortho intramolecular Hbond substituents is 2. The Balaban J connectivity index is 0.000000159. The van der Waals surface area contributed by atoms with E-state index in [2.05, 4.69) is 80.2 Å². The summed E-state index contributed by atoms with van der Waals surface area (Å²) in [7, 11) is 12.7. The fourth-order valence-corrected chi connectivity index (χ4v) is 16.4. The molecule has 1 fully saturated rings. The maximum Gasteiger partial charge on any atom is 0.231 e. The topological polar surface area (TPSA) is 412 Å². The number of β-amino-alcohol motifs (C(OH)–C–C–N with tert-alkyl or cyclic N) is 1. The van der Waals surface area contributed by atoms with Gasteiger partial charge in [-0.1, -0.05) is 47.6 Å². The maximum absolute atomic E-state index is 10.8. The molecule has 0 saturated carbocycles. The molecule has 738 valence electrons. The number of hydrogen-bond donors (Lipinski definition) is 8. The van der Waals surface area contributed by atoms with Crippen molar-refractivity contribution < 1.29 is 154 Å². The molecule has 9 aromatic rings. The van der Waals surface area contributed by atoms with Gasteiger partial charge in [0.2, 0.25) is 47.6 Å². The number of benzene rings is 9. The second kappa shape index (κ2) is 49.2. The molecule has 8 N–H and O–H groups in total. The van der Waals surface area contributed by atoms with E-state index in [1.807, 2.05) is 54.5 Å². The Morgan fingerprint density at radius 3 is 1.32 bits per heavy atom. The summed E-state index contributed by atoms with van der Waals surface area (Å²) in [5.74, 6) is 16.5. The number of aliphatic hydroxyl groups excluding tert-OH is 4. The van der Waals surface area contributed by atoms with Crippen molar-refractivity contribution in [2.45, 2.75) is 159 Å². The molecule has 35 heteroatoms. The van der Waals surface area contributed by atoms with Gasteiger partial charge >= 0.3 is 0 Å². The molecule has 34 nitrogen and oxygen atoms in total. The SMILES string of the molecule is CCC(NCC(C)C)c1cc(OC)c(C)c2c1OCO2.CC[C@@H]1NCC(O)c2c(OC)c(C)c3c(c21)OCO3.CC[C@H](C)c1cc(OC)c(C)c2c1OCO2.COc1c(O)ccc(C=O)c1C.COc1cc(C(O)CO)c2c(c1C)OCO2.COc1cc(C2CO2)c2c(c1C)OCO2.COc1cc(C=O)c2c(c1C)OCO2.COc1cc(CO)ccc1O.Cc1c(C=O)cc(Br)c2c1OCO2. The number of rotatable bonds is 23. The third-order valence-electron chi connectivity index (χ3n) is 23.6. The Hall–Kier alpha value is -12.6. The molecule has 9 aliphatic rings. The highest BCUT2D eigenvalue weighted by atomic mass is 79.9. The van der Waals surface area contributed by atoms with Crippen molar-refractivity contribution in [3.8, 4) is 138 Å². The lowest BCUT2D eigenvalue weighted by Crippen LogP contribution is -2.33. The van der Waals surface area contributed by atoms with Gasteiger partial charge in [-0.25, -0.2) is 0 Å². The smallest absolute Gasteiger partial charge is 0.231 e. The Morgan fingerprint density at radius 1 is 0.434 bits per heavy atom. The fraction of sp³-hybridized carbons (Fsp3) is 0.436. The van der Waals surface area contributed by atoms with Crippen LogP contribution in [0.5, 0.6) is 138 Å². The van der Waals surface area contributed by atoms with Gasteiger partial charge in [-0.05, 0) is 175 Å². The maximum atomic E-state index is 10.8. The number of halogens is 1. The lowest BCUT2D eigenvalue weighted by molar-refractivity contribution is 0.0918. The van der Waals surface area contributed by atoms with Crippen LogP contribution in [-0.4, -0.2) is 180 Å². The minimum absolute atomic E-state index is 0.0450. The quantitative estimate of drug-likeness (QED) is 0.0218. The number of epoxide rings is 1. The monoisotopic (exact) mass is 1960 g/mol. The number of aldehydes is 3. The van der Waals surface area contributed by atoms with Gasteiger partial charge in [-0.2, -0.15) is 0 Å². The summed E-state index contributed by atoms with van der Waals surface area (Å²) >= 11 is 3.31. The van der Waals surface area contributed by atoms with Crippen molar-refractivity contribution in [3.05, 3.63) is 171 Å². The van der Waals surface area contributed by atoms with Crippen molar-refractivity contribution in [1.29, 1.82) is 0 Å². The van der Waals surface area contributed by atoms with Crippen molar-refractivity contribution >= 4 is 34.8 Å². The van der Waals surface area contributed by atoms with Crippen molar-refractivity contribution in [2.24, 2.45) is 5.92 Å². The van der Waals surface area contributed by atoms with Crippen LogP contribution in [-0.2, 0) is 11.3 Å². The number of nitrogens with one attached hydrogen (secondary N) is 2. The first-order valence-electron chi connectivity index (χ1n) is 44.1. The standard InChI is InChI=1S/C16H25NO3.C14H19NO4.C13H18O3.C11H14O5.C11H12O4.C10H10O4.C9H7BrO3.C9H10O3.C8H10O3/c1-6-13(17-8-10(2)3)12-7-14(18-5)11(4)15-16(12)20-9-19-15;1-4-8-10-11(9(16)5-15-8)12(17-3)7(2)13-14(10)19-6-18-13;1-5-8(2)10-6-11(14-4)9(3)12-13(10)16-7-15-12;1-6-9(14-2)3-7(8(13)4-12)11-10(6)15-5-16-11;1-6-8(12-2)3-7(9-4-13-9)11-10(6)14-5-15-11;1-6-8(12-2)3-7(4-11)10-9(6)13-5-14-10;1-5-6(3-11)2-7(10)9-8(5)12-4-13-9;1-6-7(5-10)3-4-8(11)9(6)12-2;1-11-8-4-6(5-9)2-3-7(8)10/h7,10,13,17H,6,8-9H2,1-5H3;8-9,15-16H,4-6H2,1-3H3;6,8H,5,7H2,1-4H3;3,8,12-13H,4-5H2,1-2H3;3,9H,4-5H2,1-2H3;3-4H,5H2,1-2H3;2-3H,4H2,1H3;3-5,11H,1-2H3;2-4,9-10H,5H2,1H3/t;8-,9?;8-;;;;;;/m.00....../s1. The molecule has 4 unspecified atom stereocenters. The number of fused-ring (bicyclic) bond motifs is 9. The van der Waals surface area contributed by atoms with Crippen LogP contribution in [0.25, 0.3) is 0 Å². The first-order valence-corrected chi connectivity index (χ1v) is 44.9. The summed E-state index contributed by atoms with van der Waals surface area (Å²) < 4.78 is 124. The lowest BCUT2D eigenvalue weighted by Gasteiger charge is -2.32. The molecule has 6 atom stereocenters. The average Bonchev–Trinajstić information content (AvgIpc) is 1.49. The number of carbonyl (C=O) groups excluding carboxylic acids is 3. The summed E-state index contributed by atoms with van der Waals surface area (Å²) in [4.78, 5) is 31.9. The fourth-order valence-electron chi connectivity index (χ4n) is 15.9. The number of hydrogen-bond acceptors (Lipinski definition) is 34. The molecule has 0 radical (unpaired) electrons. The first kappa shape index (κ1) is 105. The van der Waals surface area contributed by atoms with E-state index in [9.17, 15) is 29.7 Å². The van der Waals surface area contributed by atoms with Gasteiger partial charge in [-0.3, -0.25) is 14.4 Å². The van der Waals surface area contributed by atoms with E-state index >= 15 is 0 Å². The van der Waals surface area contributed by atoms with Gasteiger partial charge < -0.3 is 150 Å². The Kier molecular flexibility index (Phi) is 38.2. The van der Waals surface area contributed by atoms with Crippen LogP contribution in [0.3, 0.4) is 0 Å². The van der Waals surface area contributed by atoms with E-state index in [1.165, 1.54) is 31.9 Å². The zero-order chi connectivity index (χ0) is 99.1. The molecule has 0 bridgehead atoms. The van der Waals surface area contributed by atoms with Crippen LogP contribution in [0.1, 0.15) is 212 Å². The number of carbonyl (C=O) groups is 3. The third kappa shape index (κ3) is 23.7. The van der Waals surface area contributed by atoms with E-state index in [4.69, 9.17) is 124 Å². The highest BCUT2D eigenvalue weighted by Crippen LogP contribution is 2.55. The van der Waals surface area contributed by atoms with Crippen molar-refractivity contribution in [3.63, 3.8) is 0 Å². The highest BCUT2D eigenvalue weighted by Gasteiger charge is 2.39. The Morgan fingerprint density at radius 2 is 0.853 bits per heavy atom. The van der Waals surface area contributed by atoms with Gasteiger partial charge in [0.15, 0.2) is 110 Å². The van der Waals surface area contributed by atoms with Crippen LogP contribution in [0.2, 0.25) is 0 Å². The molecular weight excluding hydrogens is 1830 g/mol. The second-order valence-corrected chi connectivity index (χ2v) is 33.2. The average molecular weight is 1960 g/mol. The van der Waals surface area contributed by atoms with E-state index in [1.54, 1.807) is 86.0 Å². The first-order chi connectivity index (χ1) is 65.4. The molecule has 0 amide bonds. The number of aliphatic hydroxyl groups is 4. The Bertz CT molecular complexity index is 5580. The zero-order valence-electron chi connectivity index (χ0n) is 80.9. The van der Waals surface area contributed by atoms with Crippen molar-refractivity contribution in [1.82, 2.24) is 10.6 Å². The Labute approximate surface area is 800 Å². The number of ether oxygens (including phenoxy) is 23. The normalized spacial score (nSPS) is 15.6. The minimum Gasteiger partial charge on any atom is -0.504 e. The predicted molar refractivity (Wildman–Crippen MR) is 506 cm³/mol. The summed E-state index contributed by atoms with van der Waals surface area (Å²) in [5.41, 5.74) is 15.0. The largest absolute Gasteiger partial charge is 0.504 e. The molecule has 136 heavy (non-hydrogen) atoms. The van der Waals surface area contributed by atoms with E-state index in [-0.39, 0.29) is 83.7 Å². The summed E-state index contributed by atoms with van der Waals surface area (Å²) in [6.45, 7) is 31.6. The highest BCUT2D eigenvalue weighted by molar-refractivity contribution is 9.10. The summed E-state index contributed by atoms with van der Waals surface area (Å²) in [6.07, 6.45) is 3.83. The molecule has 0 spiro atoms. The predicted octanol–water partition coefficient (Wildman–Crippen LogP) is 17.3. The molecule has 1 saturated heterocycles. The number of phenols is 2. The van der Waals surface area contributed by atoms with E-state index in [0.29, 0.717) is 116 Å². The van der Waals surface area contributed by atoms with Gasteiger partial charge in [0, 0.05) is 108 Å². The van der Waals surface area contributed by atoms with Crippen molar-refractivity contribution in [2.75, 3.05) is 131 Å². The van der Waals surface area contributed by atoms with E-state index < -0.39 is 12.2 Å². The number of methoxy groups -OCH3 is 8. The molecular formula is C101H125BrN2O32. The van der Waals surface area contributed by atoms with Gasteiger partial charge in [0.25, 0.3) is 0 Å². The van der Waals surface area contributed by atoms with E-state index in [0.717, 1.165) is 186 Å². The molecule has 9 aromatic carbocycles. The molecule has 18 rings (SSSR count). The van der Waals surface area contributed by atoms with Crippen LogP contribution < -0.4 is 115 Å². The number of aromatic hydroxyl groups is 2. The van der Waals surface area contributed by atoms with Crippen LogP contribution in [0.4, 0.5) is 0 Å². The second-order valence-electron chi connectivity index (χ2n) is 32.3. The molecule has 0 aromatic heterocycles. The summed E-state index contributed by atoms with van der Waals surface area (Å²) in [5, 5.41) is 63.0. The third-order valence-corrected chi connectivity index (χ3v) is 24.2. The zero-order valence-corrected chi connectivity index (χ0v) is 82.5. The van der Waals surface area contributed by atoms with Crippen LogP contribution in [0.15, 0.2) is 71.2 Å². The van der Waals surface area contributed by atoms with Gasteiger partial charge in [0.05, 0.1) is 92.8 Å². The van der Waals surface area contributed by atoms with Crippen LogP contribution >= 0.6 is 15.9 Å². The van der Waals surface area contributed by atoms with Crippen LogP contribution in [0, 0.1) is 61.3 Å². The van der Waals surface area contributed by atoms with Gasteiger partial charge in [0.1, 0.15) is 59.3 Å². The molecule has 9 aliphatic heterocycles. The van der Waals surface area contributed by atoms with Gasteiger partial charge in [-0.15, -0.1) is 0 Å². The molecule has 9 heterocycles. The molecule has 0 aliphatic carbocycles. The summed E-state index contributed by atoms with van der Waals surface area (Å²) in [6, 6.07) is 19.3.